The lowest BCUT2D eigenvalue weighted by Crippen LogP contribution is -2.18. The summed E-state index contributed by atoms with van der Waals surface area (Å²) in [6, 6.07) is 7.11. The second-order valence-electron chi connectivity index (χ2n) is 3.13. The number of thiophene rings is 1. The number of fused-ring (bicyclic) bond motifs is 1. The number of carboxylic acid groups (broad SMARTS) is 1. The Labute approximate surface area is 101 Å². The number of benzene rings is 1. The predicted molar refractivity (Wildman–Crippen MR) is 69.2 cm³/mol. The molecule has 0 radical (unpaired) electrons. The van der Waals surface area contributed by atoms with E-state index < -0.39 is 5.97 Å². The predicted octanol–water partition coefficient (Wildman–Crippen LogP) is 2.25. The van der Waals surface area contributed by atoms with E-state index in [0.717, 1.165) is 15.8 Å². The number of carboxylic acids is 1. The molecule has 1 aromatic carbocycles. The summed E-state index contributed by atoms with van der Waals surface area (Å²) < 4.78 is 0.840. The van der Waals surface area contributed by atoms with E-state index in [1.54, 1.807) is 6.07 Å². The Bertz CT molecular complexity index is 577. The fourth-order valence-corrected chi connectivity index (χ4v) is 2.48. The van der Waals surface area contributed by atoms with Crippen molar-refractivity contribution >= 4 is 50.4 Å². The fourth-order valence-electron chi connectivity index (χ4n) is 1.40. The molecule has 0 saturated heterocycles. The monoisotopic (exact) mass is 252 g/mol. The van der Waals surface area contributed by atoms with Gasteiger partial charge < -0.3 is 16.2 Å². The summed E-state index contributed by atoms with van der Waals surface area (Å²) in [6.45, 7) is 0. The number of anilines is 1. The fraction of sp³-hybridized carbons (Fsp3) is 0. The van der Waals surface area contributed by atoms with Crippen molar-refractivity contribution in [2.24, 2.45) is 5.73 Å². The maximum Gasteiger partial charge on any atom is 0.345 e. The average Bonchev–Trinajstić information content (AvgIpc) is 2.61. The highest BCUT2D eigenvalue weighted by molar-refractivity contribution is 7.80. The zero-order valence-electron chi connectivity index (χ0n) is 8.06. The lowest BCUT2D eigenvalue weighted by atomic mass is 10.2. The second kappa shape index (κ2) is 4.07. The molecule has 0 spiro atoms. The van der Waals surface area contributed by atoms with Gasteiger partial charge in [0.15, 0.2) is 5.11 Å². The lowest BCUT2D eigenvalue weighted by molar-refractivity contribution is 0.0702. The van der Waals surface area contributed by atoms with E-state index in [1.165, 1.54) is 11.3 Å². The van der Waals surface area contributed by atoms with Crippen molar-refractivity contribution in [3.63, 3.8) is 0 Å². The van der Waals surface area contributed by atoms with Crippen molar-refractivity contribution < 1.29 is 9.90 Å². The van der Waals surface area contributed by atoms with Gasteiger partial charge in [0.25, 0.3) is 0 Å². The molecule has 6 heteroatoms. The third kappa shape index (κ3) is 1.98. The quantitative estimate of drug-likeness (QED) is 0.715. The van der Waals surface area contributed by atoms with E-state index in [9.17, 15) is 4.79 Å². The van der Waals surface area contributed by atoms with Crippen LogP contribution < -0.4 is 11.1 Å². The summed E-state index contributed by atoms with van der Waals surface area (Å²) in [4.78, 5) is 11.1. The number of hydrogen-bond acceptors (Lipinski definition) is 3. The number of carbonyl (C=O) groups is 1. The number of thiocarbonyl (C=S) groups is 1. The largest absolute Gasteiger partial charge is 0.477 e. The van der Waals surface area contributed by atoms with Crippen molar-refractivity contribution in [2.75, 3.05) is 5.32 Å². The lowest BCUT2D eigenvalue weighted by Gasteiger charge is -2.03. The SMILES string of the molecule is NC(=S)Nc1cccc2cc(C(=O)O)sc12. The van der Waals surface area contributed by atoms with Gasteiger partial charge in [-0.3, -0.25) is 0 Å². The first-order valence-corrected chi connectivity index (χ1v) is 5.62. The van der Waals surface area contributed by atoms with Crippen LogP contribution in [0.25, 0.3) is 10.1 Å². The summed E-state index contributed by atoms with van der Waals surface area (Å²) in [6.07, 6.45) is 0. The molecule has 2 rings (SSSR count). The van der Waals surface area contributed by atoms with Gasteiger partial charge in [0.2, 0.25) is 0 Å². The molecule has 16 heavy (non-hydrogen) atoms. The summed E-state index contributed by atoms with van der Waals surface area (Å²) in [5.41, 5.74) is 6.13. The molecule has 2 aromatic rings. The van der Waals surface area contributed by atoms with Crippen LogP contribution >= 0.6 is 23.6 Å². The van der Waals surface area contributed by atoms with Gasteiger partial charge in [-0.2, -0.15) is 0 Å². The molecule has 0 saturated carbocycles. The van der Waals surface area contributed by atoms with E-state index in [4.69, 9.17) is 23.1 Å². The molecule has 0 bridgehead atoms. The topological polar surface area (TPSA) is 75.3 Å². The molecule has 4 N–H and O–H groups in total. The van der Waals surface area contributed by atoms with E-state index >= 15 is 0 Å². The van der Waals surface area contributed by atoms with Crippen LogP contribution in [0.5, 0.6) is 0 Å². The number of aromatic carboxylic acids is 1. The van der Waals surface area contributed by atoms with E-state index in [1.807, 2.05) is 18.2 Å². The van der Waals surface area contributed by atoms with Crippen molar-refractivity contribution in [1.82, 2.24) is 0 Å². The summed E-state index contributed by atoms with van der Waals surface area (Å²) >= 11 is 5.95. The highest BCUT2D eigenvalue weighted by Gasteiger charge is 2.10. The van der Waals surface area contributed by atoms with E-state index in [2.05, 4.69) is 5.32 Å². The van der Waals surface area contributed by atoms with Gasteiger partial charge in [-0.05, 0) is 29.7 Å². The molecule has 4 nitrogen and oxygen atoms in total. The molecule has 1 aromatic heterocycles. The standard InChI is InChI=1S/C10H8N2O2S2/c11-10(15)12-6-3-1-2-5-4-7(9(13)14)16-8(5)6/h1-4H,(H,13,14)(H3,11,12,15). The Kier molecular flexibility index (Phi) is 2.76. The molecule has 82 valence electrons. The van der Waals surface area contributed by atoms with Crippen LogP contribution in [-0.2, 0) is 0 Å². The van der Waals surface area contributed by atoms with Gasteiger partial charge in [-0.1, -0.05) is 12.1 Å². The van der Waals surface area contributed by atoms with Crippen LogP contribution in [0.4, 0.5) is 5.69 Å². The number of hydrogen-bond donors (Lipinski definition) is 3. The molecular formula is C10H8N2O2S2. The summed E-state index contributed by atoms with van der Waals surface area (Å²) in [5, 5.41) is 12.8. The third-order valence-corrected chi connectivity index (χ3v) is 3.29. The van der Waals surface area contributed by atoms with Crippen LogP contribution in [0.15, 0.2) is 24.3 Å². The van der Waals surface area contributed by atoms with Crippen molar-refractivity contribution in [2.45, 2.75) is 0 Å². The van der Waals surface area contributed by atoms with Crippen LogP contribution in [0.3, 0.4) is 0 Å². The maximum absolute atomic E-state index is 10.8. The Morgan fingerprint density at radius 3 is 2.88 bits per heavy atom. The van der Waals surface area contributed by atoms with Gasteiger partial charge in [0.05, 0.1) is 10.4 Å². The van der Waals surface area contributed by atoms with Gasteiger partial charge in [0.1, 0.15) is 4.88 Å². The minimum Gasteiger partial charge on any atom is -0.477 e. The van der Waals surface area contributed by atoms with Crippen LogP contribution in [0.2, 0.25) is 0 Å². The molecular weight excluding hydrogens is 244 g/mol. The molecule has 0 unspecified atom stereocenters. The van der Waals surface area contributed by atoms with Gasteiger partial charge in [-0.15, -0.1) is 11.3 Å². The normalized spacial score (nSPS) is 10.2. The maximum atomic E-state index is 10.8. The Balaban J connectivity index is 2.58. The van der Waals surface area contributed by atoms with Crippen LogP contribution in [0.1, 0.15) is 9.67 Å². The highest BCUT2D eigenvalue weighted by Crippen LogP contribution is 2.31. The second-order valence-corrected chi connectivity index (χ2v) is 4.62. The van der Waals surface area contributed by atoms with Gasteiger partial charge in [-0.25, -0.2) is 4.79 Å². The Hall–Kier alpha value is -1.66. The van der Waals surface area contributed by atoms with Crippen LogP contribution in [-0.4, -0.2) is 16.2 Å². The average molecular weight is 252 g/mol. The Morgan fingerprint density at radius 2 is 2.25 bits per heavy atom. The minimum atomic E-state index is -0.928. The molecule has 1 heterocycles. The summed E-state index contributed by atoms with van der Waals surface area (Å²) in [5.74, 6) is -0.928. The van der Waals surface area contributed by atoms with Crippen molar-refractivity contribution in [3.05, 3.63) is 29.1 Å². The number of rotatable bonds is 2. The molecule has 0 atom stereocenters. The van der Waals surface area contributed by atoms with E-state index in [0.29, 0.717) is 4.88 Å². The number of nitrogens with two attached hydrogens (primary N) is 1. The zero-order valence-corrected chi connectivity index (χ0v) is 9.69. The van der Waals surface area contributed by atoms with E-state index in [-0.39, 0.29) is 5.11 Å². The molecule has 0 aliphatic heterocycles. The first kappa shape index (κ1) is 10.8. The Morgan fingerprint density at radius 1 is 1.50 bits per heavy atom. The van der Waals surface area contributed by atoms with Crippen LogP contribution in [0, 0.1) is 0 Å². The minimum absolute atomic E-state index is 0.165. The highest BCUT2D eigenvalue weighted by atomic mass is 32.1. The van der Waals surface area contributed by atoms with Crippen molar-refractivity contribution in [1.29, 1.82) is 0 Å². The zero-order chi connectivity index (χ0) is 11.7. The smallest absolute Gasteiger partial charge is 0.345 e. The summed E-state index contributed by atoms with van der Waals surface area (Å²) in [7, 11) is 0. The molecule has 0 fully saturated rings. The van der Waals surface area contributed by atoms with Gasteiger partial charge >= 0.3 is 5.97 Å². The van der Waals surface area contributed by atoms with Gasteiger partial charge in [0, 0.05) is 0 Å². The first-order chi connectivity index (χ1) is 7.58. The molecule has 0 aliphatic rings. The number of nitrogens with one attached hydrogen (secondary N) is 1. The first-order valence-electron chi connectivity index (χ1n) is 4.40. The molecule has 0 aliphatic carbocycles. The van der Waals surface area contributed by atoms with Crippen molar-refractivity contribution in [3.8, 4) is 0 Å². The molecule has 0 amide bonds. The third-order valence-electron chi connectivity index (χ3n) is 2.01.